The lowest BCUT2D eigenvalue weighted by Crippen LogP contribution is -1.84. The smallest absolute Gasteiger partial charge is 0.205 e. The topological polar surface area (TPSA) is 0 Å². The summed E-state index contributed by atoms with van der Waals surface area (Å²) in [4.78, 5) is 0. The molecule has 0 radical (unpaired) electrons. The standard InChI is InChI=1S/C7H4BrF2I/c8-5-3-4(7(9)10)1-2-6(5)11/h1-3,7H. The van der Waals surface area contributed by atoms with Gasteiger partial charge in [0, 0.05) is 13.6 Å². The molecule has 0 fully saturated rings. The first-order valence-electron chi connectivity index (χ1n) is 2.84. The van der Waals surface area contributed by atoms with E-state index in [2.05, 4.69) is 38.5 Å². The van der Waals surface area contributed by atoms with Crippen LogP contribution in [0.15, 0.2) is 22.7 Å². The van der Waals surface area contributed by atoms with Crippen LogP contribution in [0, 0.1) is 3.57 Å². The molecule has 0 unspecified atom stereocenters. The van der Waals surface area contributed by atoms with Gasteiger partial charge in [-0.05, 0) is 50.7 Å². The summed E-state index contributed by atoms with van der Waals surface area (Å²) in [5.41, 5.74) is 0.0530. The summed E-state index contributed by atoms with van der Waals surface area (Å²) in [5, 5.41) is 0. The van der Waals surface area contributed by atoms with Crippen molar-refractivity contribution in [2.45, 2.75) is 6.43 Å². The molecule has 1 aromatic rings. The van der Waals surface area contributed by atoms with E-state index in [-0.39, 0.29) is 5.56 Å². The minimum absolute atomic E-state index is 0.0530. The van der Waals surface area contributed by atoms with Gasteiger partial charge < -0.3 is 0 Å². The highest BCUT2D eigenvalue weighted by molar-refractivity contribution is 14.1. The second kappa shape index (κ2) is 3.80. The van der Waals surface area contributed by atoms with Gasteiger partial charge in [0.2, 0.25) is 0 Å². The molecule has 0 saturated heterocycles. The van der Waals surface area contributed by atoms with Crippen LogP contribution >= 0.6 is 38.5 Å². The van der Waals surface area contributed by atoms with Crippen molar-refractivity contribution in [3.8, 4) is 0 Å². The first-order chi connectivity index (χ1) is 5.11. The van der Waals surface area contributed by atoms with E-state index in [0.29, 0.717) is 0 Å². The molecule has 0 aliphatic carbocycles. The Bertz CT molecular complexity index is 263. The maximum atomic E-state index is 12.1. The van der Waals surface area contributed by atoms with Gasteiger partial charge in [-0.15, -0.1) is 0 Å². The van der Waals surface area contributed by atoms with Crippen LogP contribution in [0.5, 0.6) is 0 Å². The number of rotatable bonds is 1. The van der Waals surface area contributed by atoms with Crippen LogP contribution in [0.4, 0.5) is 8.78 Å². The number of hydrogen-bond acceptors (Lipinski definition) is 0. The molecule has 0 aliphatic rings. The van der Waals surface area contributed by atoms with Crippen molar-refractivity contribution in [2.75, 3.05) is 0 Å². The van der Waals surface area contributed by atoms with Gasteiger partial charge in [0.1, 0.15) is 0 Å². The van der Waals surface area contributed by atoms with Crippen molar-refractivity contribution >= 4 is 38.5 Å². The Labute approximate surface area is 85.3 Å². The summed E-state index contributed by atoms with van der Waals surface area (Å²) < 4.78 is 25.8. The highest BCUT2D eigenvalue weighted by Crippen LogP contribution is 2.25. The van der Waals surface area contributed by atoms with Gasteiger partial charge in [0.05, 0.1) is 0 Å². The molecule has 0 atom stereocenters. The van der Waals surface area contributed by atoms with E-state index in [1.807, 2.05) is 0 Å². The third-order valence-electron chi connectivity index (χ3n) is 1.20. The number of hydrogen-bond donors (Lipinski definition) is 0. The van der Waals surface area contributed by atoms with Gasteiger partial charge in [-0.3, -0.25) is 0 Å². The van der Waals surface area contributed by atoms with E-state index in [1.54, 1.807) is 6.07 Å². The Morgan fingerprint density at radius 3 is 2.45 bits per heavy atom. The Kier molecular flexibility index (Phi) is 3.24. The summed E-state index contributed by atoms with van der Waals surface area (Å²) in [6.07, 6.45) is -2.39. The van der Waals surface area contributed by atoms with Crippen LogP contribution in [0.3, 0.4) is 0 Å². The Balaban J connectivity index is 3.05. The summed E-state index contributed by atoms with van der Waals surface area (Å²) in [6.45, 7) is 0. The molecule has 0 saturated carbocycles. The average Bonchev–Trinajstić information content (AvgIpc) is 1.94. The van der Waals surface area contributed by atoms with Crippen molar-refractivity contribution in [1.82, 2.24) is 0 Å². The fraction of sp³-hybridized carbons (Fsp3) is 0.143. The predicted octanol–water partition coefficient (Wildman–Crippen LogP) is 3.99. The molecule has 60 valence electrons. The van der Waals surface area contributed by atoms with E-state index in [4.69, 9.17) is 0 Å². The van der Waals surface area contributed by atoms with Crippen LogP contribution in [-0.2, 0) is 0 Å². The third kappa shape index (κ3) is 2.37. The fourth-order valence-corrected chi connectivity index (χ4v) is 1.38. The van der Waals surface area contributed by atoms with E-state index in [0.717, 1.165) is 8.04 Å². The van der Waals surface area contributed by atoms with Crippen molar-refractivity contribution in [3.63, 3.8) is 0 Å². The zero-order valence-corrected chi connectivity index (χ0v) is 9.06. The maximum absolute atomic E-state index is 12.1. The Morgan fingerprint density at radius 2 is 2.00 bits per heavy atom. The van der Waals surface area contributed by atoms with Crippen molar-refractivity contribution < 1.29 is 8.78 Å². The van der Waals surface area contributed by atoms with Crippen LogP contribution in [0.25, 0.3) is 0 Å². The molecule has 0 spiro atoms. The minimum atomic E-state index is -2.39. The number of halogens is 4. The van der Waals surface area contributed by atoms with E-state index in [1.165, 1.54) is 12.1 Å². The van der Waals surface area contributed by atoms with Crippen LogP contribution in [0.2, 0.25) is 0 Å². The van der Waals surface area contributed by atoms with Crippen LogP contribution < -0.4 is 0 Å². The van der Waals surface area contributed by atoms with Gasteiger partial charge in [-0.2, -0.15) is 0 Å². The Hall–Kier alpha value is 0.290. The molecule has 0 aliphatic heterocycles. The van der Waals surface area contributed by atoms with Gasteiger partial charge in [0.25, 0.3) is 6.43 Å². The molecule has 11 heavy (non-hydrogen) atoms. The normalized spacial score (nSPS) is 10.6. The predicted molar refractivity (Wildman–Crippen MR) is 51.8 cm³/mol. The van der Waals surface area contributed by atoms with Gasteiger partial charge >= 0.3 is 0 Å². The van der Waals surface area contributed by atoms with E-state index < -0.39 is 6.43 Å². The summed E-state index contributed by atoms with van der Waals surface area (Å²) in [7, 11) is 0. The molecule has 0 heterocycles. The zero-order chi connectivity index (χ0) is 8.43. The monoisotopic (exact) mass is 332 g/mol. The summed E-state index contributed by atoms with van der Waals surface area (Å²) >= 11 is 5.25. The van der Waals surface area contributed by atoms with Gasteiger partial charge in [-0.25, -0.2) is 8.78 Å². The fourth-order valence-electron chi connectivity index (χ4n) is 0.648. The molecule has 0 bridgehead atoms. The molecule has 1 rings (SSSR count). The molecule has 4 heteroatoms. The lowest BCUT2D eigenvalue weighted by molar-refractivity contribution is 0.151. The lowest BCUT2D eigenvalue weighted by atomic mass is 10.2. The summed E-state index contributed by atoms with van der Waals surface area (Å²) in [6, 6.07) is 4.52. The lowest BCUT2D eigenvalue weighted by Gasteiger charge is -2.00. The third-order valence-corrected chi connectivity index (χ3v) is 3.53. The molecule has 0 aromatic heterocycles. The quantitative estimate of drug-likeness (QED) is 0.682. The van der Waals surface area contributed by atoms with Crippen molar-refractivity contribution in [2.24, 2.45) is 0 Å². The maximum Gasteiger partial charge on any atom is 0.263 e. The second-order valence-corrected chi connectivity index (χ2v) is 3.99. The minimum Gasteiger partial charge on any atom is -0.205 e. The highest BCUT2D eigenvalue weighted by Gasteiger charge is 2.07. The average molecular weight is 333 g/mol. The van der Waals surface area contributed by atoms with E-state index in [9.17, 15) is 8.78 Å². The molecule has 1 aromatic carbocycles. The molecule has 0 nitrogen and oxygen atoms in total. The SMILES string of the molecule is FC(F)c1ccc(I)c(Br)c1. The largest absolute Gasteiger partial charge is 0.263 e. The first-order valence-corrected chi connectivity index (χ1v) is 4.71. The zero-order valence-electron chi connectivity index (χ0n) is 5.32. The van der Waals surface area contributed by atoms with Gasteiger partial charge in [-0.1, -0.05) is 6.07 Å². The van der Waals surface area contributed by atoms with Crippen molar-refractivity contribution in [3.05, 3.63) is 31.8 Å². The molecular weight excluding hydrogens is 329 g/mol. The van der Waals surface area contributed by atoms with E-state index >= 15 is 0 Å². The van der Waals surface area contributed by atoms with Crippen LogP contribution in [-0.4, -0.2) is 0 Å². The highest BCUT2D eigenvalue weighted by atomic mass is 127. The molecular formula is C7H4BrF2I. The number of alkyl halides is 2. The van der Waals surface area contributed by atoms with Crippen LogP contribution in [0.1, 0.15) is 12.0 Å². The van der Waals surface area contributed by atoms with Gasteiger partial charge in [0.15, 0.2) is 0 Å². The molecule has 0 amide bonds. The first kappa shape index (κ1) is 9.38. The summed E-state index contributed by atoms with van der Waals surface area (Å²) in [5.74, 6) is 0. The van der Waals surface area contributed by atoms with Crippen molar-refractivity contribution in [1.29, 1.82) is 0 Å². The second-order valence-electron chi connectivity index (χ2n) is 1.97. The number of benzene rings is 1. The Morgan fingerprint density at radius 1 is 1.36 bits per heavy atom. The molecule has 0 N–H and O–H groups in total.